The zero-order valence-corrected chi connectivity index (χ0v) is 13.7. The maximum absolute atomic E-state index is 12.2. The standard InChI is InChI=1S/C18H24N2O3/c1-13(10-18(2)22-7-8-23-18)11-20-17(21)9-14-12-19-16-6-4-3-5-15(14)16/h3-6,12-13,19H,7-11H2,1-2H3,(H,20,21)/t13-/m1/s1. The molecule has 2 N–H and O–H groups in total. The number of benzene rings is 1. The van der Waals surface area contributed by atoms with Crippen LogP contribution in [-0.2, 0) is 20.7 Å². The van der Waals surface area contributed by atoms with Crippen molar-refractivity contribution < 1.29 is 14.3 Å². The zero-order chi connectivity index (χ0) is 16.3. The molecule has 0 unspecified atom stereocenters. The first-order chi connectivity index (χ1) is 11.1. The average Bonchev–Trinajstić information content (AvgIpc) is 3.13. The summed E-state index contributed by atoms with van der Waals surface area (Å²) in [4.78, 5) is 15.4. The summed E-state index contributed by atoms with van der Waals surface area (Å²) in [6, 6.07) is 8.02. The third kappa shape index (κ3) is 3.92. The minimum atomic E-state index is -0.499. The molecule has 0 aliphatic carbocycles. The molecular weight excluding hydrogens is 292 g/mol. The fraction of sp³-hybridized carbons (Fsp3) is 0.500. The molecule has 0 bridgehead atoms. The molecule has 124 valence electrons. The van der Waals surface area contributed by atoms with Crippen LogP contribution in [0.15, 0.2) is 30.5 Å². The van der Waals surface area contributed by atoms with E-state index in [4.69, 9.17) is 9.47 Å². The van der Waals surface area contributed by atoms with Crippen molar-refractivity contribution >= 4 is 16.8 Å². The number of nitrogens with one attached hydrogen (secondary N) is 2. The second kappa shape index (κ2) is 6.72. The van der Waals surface area contributed by atoms with Gasteiger partial charge in [-0.1, -0.05) is 25.1 Å². The predicted molar refractivity (Wildman–Crippen MR) is 89.1 cm³/mol. The third-order valence-electron chi connectivity index (χ3n) is 4.29. The molecule has 23 heavy (non-hydrogen) atoms. The van der Waals surface area contributed by atoms with E-state index in [0.29, 0.717) is 32.1 Å². The summed E-state index contributed by atoms with van der Waals surface area (Å²) in [6.45, 7) is 5.99. The lowest BCUT2D eigenvalue weighted by Gasteiger charge is -2.26. The highest BCUT2D eigenvalue weighted by molar-refractivity contribution is 5.88. The number of ether oxygens (including phenoxy) is 2. The second-order valence-electron chi connectivity index (χ2n) is 6.48. The highest BCUT2D eigenvalue weighted by atomic mass is 16.7. The van der Waals surface area contributed by atoms with E-state index in [2.05, 4.69) is 17.2 Å². The SMILES string of the molecule is C[C@@H](CNC(=O)Cc1c[nH]c2ccccc12)CC1(C)OCCO1. The molecule has 5 nitrogen and oxygen atoms in total. The molecule has 0 spiro atoms. The molecule has 1 fully saturated rings. The van der Waals surface area contributed by atoms with Gasteiger partial charge in [0.1, 0.15) is 0 Å². The normalized spacial score (nSPS) is 18.2. The molecule has 0 saturated carbocycles. The van der Waals surface area contributed by atoms with Gasteiger partial charge in [-0.05, 0) is 24.5 Å². The quantitative estimate of drug-likeness (QED) is 0.861. The number of H-pyrrole nitrogens is 1. The molecule has 2 aromatic rings. The van der Waals surface area contributed by atoms with Crippen LogP contribution in [0.2, 0.25) is 0 Å². The van der Waals surface area contributed by atoms with Gasteiger partial charge in [-0.25, -0.2) is 0 Å². The minimum absolute atomic E-state index is 0.0417. The zero-order valence-electron chi connectivity index (χ0n) is 13.7. The van der Waals surface area contributed by atoms with Gasteiger partial charge in [0.25, 0.3) is 0 Å². The van der Waals surface area contributed by atoms with Gasteiger partial charge < -0.3 is 19.8 Å². The number of aromatic amines is 1. The number of carbonyl (C=O) groups is 1. The number of hydrogen-bond acceptors (Lipinski definition) is 3. The number of amides is 1. The molecule has 1 aliphatic heterocycles. The van der Waals surface area contributed by atoms with Gasteiger partial charge in [0.2, 0.25) is 5.91 Å². The van der Waals surface area contributed by atoms with Crippen LogP contribution in [0.25, 0.3) is 10.9 Å². The molecule has 2 heterocycles. The van der Waals surface area contributed by atoms with E-state index in [1.807, 2.05) is 37.4 Å². The fourth-order valence-corrected chi connectivity index (χ4v) is 3.18. The van der Waals surface area contributed by atoms with Crippen molar-refractivity contribution in [2.45, 2.75) is 32.5 Å². The highest BCUT2D eigenvalue weighted by Crippen LogP contribution is 2.26. The number of para-hydroxylation sites is 1. The van der Waals surface area contributed by atoms with E-state index < -0.39 is 5.79 Å². The highest BCUT2D eigenvalue weighted by Gasteiger charge is 2.32. The molecule has 1 aliphatic rings. The lowest BCUT2D eigenvalue weighted by molar-refractivity contribution is -0.154. The predicted octanol–water partition coefficient (Wildman–Crippen LogP) is 2.62. The Labute approximate surface area is 136 Å². The van der Waals surface area contributed by atoms with E-state index in [0.717, 1.165) is 22.9 Å². The molecular formula is C18H24N2O3. The van der Waals surface area contributed by atoms with E-state index >= 15 is 0 Å². The van der Waals surface area contributed by atoms with Crippen molar-refractivity contribution in [3.63, 3.8) is 0 Å². The van der Waals surface area contributed by atoms with Crippen molar-refractivity contribution in [3.05, 3.63) is 36.0 Å². The first kappa shape index (κ1) is 16.0. The van der Waals surface area contributed by atoms with E-state index in [9.17, 15) is 4.79 Å². The van der Waals surface area contributed by atoms with Crippen LogP contribution >= 0.6 is 0 Å². The van der Waals surface area contributed by atoms with Crippen molar-refractivity contribution in [2.24, 2.45) is 5.92 Å². The van der Waals surface area contributed by atoms with Crippen LogP contribution in [0.4, 0.5) is 0 Å². The van der Waals surface area contributed by atoms with Crippen molar-refractivity contribution in [2.75, 3.05) is 19.8 Å². The summed E-state index contributed by atoms with van der Waals surface area (Å²) in [7, 11) is 0. The van der Waals surface area contributed by atoms with Gasteiger partial charge in [0.05, 0.1) is 19.6 Å². The van der Waals surface area contributed by atoms with Gasteiger partial charge in [0.15, 0.2) is 5.79 Å². The van der Waals surface area contributed by atoms with Crippen molar-refractivity contribution in [3.8, 4) is 0 Å². The Kier molecular flexibility index (Phi) is 4.68. The van der Waals surface area contributed by atoms with Gasteiger partial charge in [-0.15, -0.1) is 0 Å². The topological polar surface area (TPSA) is 63.4 Å². The lowest BCUT2D eigenvalue weighted by atomic mass is 10.0. The van der Waals surface area contributed by atoms with Gasteiger partial charge in [0, 0.05) is 30.1 Å². The molecule has 1 atom stereocenters. The molecule has 5 heteroatoms. The van der Waals surface area contributed by atoms with Crippen LogP contribution in [0.3, 0.4) is 0 Å². The maximum atomic E-state index is 12.2. The third-order valence-corrected chi connectivity index (χ3v) is 4.29. The molecule has 1 saturated heterocycles. The number of carbonyl (C=O) groups excluding carboxylic acids is 1. The fourth-order valence-electron chi connectivity index (χ4n) is 3.18. The van der Waals surface area contributed by atoms with E-state index in [1.165, 1.54) is 0 Å². The summed E-state index contributed by atoms with van der Waals surface area (Å²) in [6.07, 6.45) is 3.08. The smallest absolute Gasteiger partial charge is 0.224 e. The Hall–Kier alpha value is -1.85. The summed E-state index contributed by atoms with van der Waals surface area (Å²) in [5.41, 5.74) is 2.09. The first-order valence-corrected chi connectivity index (χ1v) is 8.15. The largest absolute Gasteiger partial charge is 0.361 e. The Bertz CT molecular complexity index is 674. The van der Waals surface area contributed by atoms with Gasteiger partial charge in [-0.2, -0.15) is 0 Å². The van der Waals surface area contributed by atoms with E-state index in [1.54, 1.807) is 0 Å². The molecule has 1 aromatic carbocycles. The summed E-state index contributed by atoms with van der Waals surface area (Å²) < 4.78 is 11.2. The maximum Gasteiger partial charge on any atom is 0.224 e. The van der Waals surface area contributed by atoms with Crippen LogP contribution < -0.4 is 5.32 Å². The van der Waals surface area contributed by atoms with Gasteiger partial charge >= 0.3 is 0 Å². The summed E-state index contributed by atoms with van der Waals surface area (Å²) in [5, 5.41) is 4.12. The Morgan fingerprint density at radius 1 is 1.35 bits per heavy atom. The van der Waals surface area contributed by atoms with Crippen LogP contribution in [0.1, 0.15) is 25.8 Å². The Balaban J connectivity index is 1.49. The minimum Gasteiger partial charge on any atom is -0.361 e. The number of aromatic nitrogens is 1. The van der Waals surface area contributed by atoms with E-state index in [-0.39, 0.29) is 5.91 Å². The number of fused-ring (bicyclic) bond motifs is 1. The van der Waals surface area contributed by atoms with Crippen molar-refractivity contribution in [1.82, 2.24) is 10.3 Å². The first-order valence-electron chi connectivity index (χ1n) is 8.15. The second-order valence-corrected chi connectivity index (χ2v) is 6.48. The van der Waals surface area contributed by atoms with Gasteiger partial charge in [-0.3, -0.25) is 4.79 Å². The molecule has 3 rings (SSSR count). The number of hydrogen-bond donors (Lipinski definition) is 2. The molecule has 0 radical (unpaired) electrons. The Morgan fingerprint density at radius 2 is 2.09 bits per heavy atom. The summed E-state index contributed by atoms with van der Waals surface area (Å²) >= 11 is 0. The molecule has 1 amide bonds. The molecule has 1 aromatic heterocycles. The summed E-state index contributed by atoms with van der Waals surface area (Å²) in [5.74, 6) is -0.161. The van der Waals surface area contributed by atoms with Crippen LogP contribution in [-0.4, -0.2) is 36.4 Å². The van der Waals surface area contributed by atoms with Crippen molar-refractivity contribution in [1.29, 1.82) is 0 Å². The Morgan fingerprint density at radius 3 is 2.87 bits per heavy atom. The van der Waals surface area contributed by atoms with Crippen LogP contribution in [0.5, 0.6) is 0 Å². The monoisotopic (exact) mass is 316 g/mol. The van der Waals surface area contributed by atoms with Crippen LogP contribution in [0, 0.1) is 5.92 Å². The lowest BCUT2D eigenvalue weighted by Crippen LogP contribution is -2.34. The number of rotatable bonds is 6. The average molecular weight is 316 g/mol.